The third-order valence-corrected chi connectivity index (χ3v) is 6.07. The summed E-state index contributed by atoms with van der Waals surface area (Å²) in [6.45, 7) is 6.80. The summed E-state index contributed by atoms with van der Waals surface area (Å²) in [5, 5.41) is 6.48. The number of hydrogen-bond donors (Lipinski definition) is 2. The first-order chi connectivity index (χ1) is 13.7. The number of hydrogen-bond acceptors (Lipinski definition) is 5. The first-order valence-corrected chi connectivity index (χ1v) is 10.7. The van der Waals surface area contributed by atoms with Crippen molar-refractivity contribution < 1.29 is 17.7 Å². The third kappa shape index (κ3) is 4.32. The van der Waals surface area contributed by atoms with Crippen molar-refractivity contribution in [1.29, 1.82) is 0 Å². The van der Waals surface area contributed by atoms with Crippen LogP contribution in [-0.4, -0.2) is 19.5 Å². The van der Waals surface area contributed by atoms with Gasteiger partial charge in [0.15, 0.2) is 0 Å². The van der Waals surface area contributed by atoms with Crippen molar-refractivity contribution in [2.45, 2.75) is 39.0 Å². The molecule has 3 aromatic rings. The van der Waals surface area contributed by atoms with Crippen molar-refractivity contribution in [3.8, 4) is 11.1 Å². The van der Waals surface area contributed by atoms with Gasteiger partial charge in [-0.15, -0.1) is 0 Å². The standard InChI is InChI=1S/C21H23N3O4S/c1-5-16-8-6-7-9-18(16)24-29(26,27)19-12-17(11-10-13(19)2)20-14(3)23-28-21(20)22-15(4)25/h6-12,24H,5H2,1-4H3,(H,22,25). The molecule has 29 heavy (non-hydrogen) atoms. The number of carbonyl (C=O) groups excluding carboxylic acids is 1. The highest BCUT2D eigenvalue weighted by molar-refractivity contribution is 7.92. The maximum atomic E-state index is 13.1. The van der Waals surface area contributed by atoms with E-state index in [-0.39, 0.29) is 16.7 Å². The molecule has 1 amide bonds. The molecule has 2 aromatic carbocycles. The Hall–Kier alpha value is -3.13. The first kappa shape index (κ1) is 20.6. The molecule has 0 radical (unpaired) electrons. The highest BCUT2D eigenvalue weighted by Crippen LogP contribution is 2.34. The third-order valence-electron chi connectivity index (χ3n) is 4.56. The molecule has 0 saturated carbocycles. The van der Waals surface area contributed by atoms with Gasteiger partial charge in [-0.25, -0.2) is 8.42 Å². The predicted octanol–water partition coefficient (Wildman–Crippen LogP) is 4.28. The molecule has 0 aliphatic carbocycles. The van der Waals surface area contributed by atoms with Gasteiger partial charge in [0.25, 0.3) is 10.0 Å². The summed E-state index contributed by atoms with van der Waals surface area (Å²) in [7, 11) is -3.83. The summed E-state index contributed by atoms with van der Waals surface area (Å²) in [5.41, 5.74) is 3.75. The van der Waals surface area contributed by atoms with Gasteiger partial charge in [0.05, 0.1) is 21.8 Å². The molecule has 7 nitrogen and oxygen atoms in total. The van der Waals surface area contributed by atoms with Gasteiger partial charge >= 0.3 is 0 Å². The van der Waals surface area contributed by atoms with Gasteiger partial charge in [-0.3, -0.25) is 14.8 Å². The van der Waals surface area contributed by atoms with E-state index in [9.17, 15) is 13.2 Å². The summed E-state index contributed by atoms with van der Waals surface area (Å²) >= 11 is 0. The lowest BCUT2D eigenvalue weighted by Crippen LogP contribution is -2.15. The average molecular weight is 413 g/mol. The quantitative estimate of drug-likeness (QED) is 0.628. The molecule has 0 bridgehead atoms. The molecule has 0 unspecified atom stereocenters. The van der Waals surface area contributed by atoms with Crippen LogP contribution in [0.5, 0.6) is 0 Å². The van der Waals surface area contributed by atoms with E-state index >= 15 is 0 Å². The molecule has 0 aliphatic rings. The second-order valence-corrected chi connectivity index (χ2v) is 8.40. The second kappa shape index (κ2) is 8.08. The Morgan fingerprint density at radius 2 is 1.86 bits per heavy atom. The van der Waals surface area contributed by atoms with Crippen molar-refractivity contribution in [2.24, 2.45) is 0 Å². The molecule has 1 heterocycles. The minimum absolute atomic E-state index is 0.148. The number of aryl methyl sites for hydroxylation is 3. The Labute approximate surface area is 170 Å². The fourth-order valence-corrected chi connectivity index (χ4v) is 4.50. The minimum Gasteiger partial charge on any atom is -0.337 e. The van der Waals surface area contributed by atoms with E-state index in [1.54, 1.807) is 44.2 Å². The summed E-state index contributed by atoms with van der Waals surface area (Å²) in [6, 6.07) is 12.4. The number of anilines is 2. The smallest absolute Gasteiger partial charge is 0.262 e. The highest BCUT2D eigenvalue weighted by Gasteiger charge is 2.22. The maximum Gasteiger partial charge on any atom is 0.262 e. The van der Waals surface area contributed by atoms with Crippen LogP contribution < -0.4 is 10.0 Å². The SMILES string of the molecule is CCc1ccccc1NS(=O)(=O)c1cc(-c2c(C)noc2NC(C)=O)ccc1C. The van der Waals surface area contributed by atoms with Crippen LogP contribution in [0.1, 0.15) is 30.7 Å². The number of rotatable bonds is 6. The topological polar surface area (TPSA) is 101 Å². The van der Waals surface area contributed by atoms with Crippen molar-refractivity contribution in [3.63, 3.8) is 0 Å². The van der Waals surface area contributed by atoms with Crippen LogP contribution >= 0.6 is 0 Å². The van der Waals surface area contributed by atoms with E-state index in [1.165, 1.54) is 6.92 Å². The van der Waals surface area contributed by atoms with Crippen LogP contribution in [-0.2, 0) is 21.2 Å². The molecule has 1 aromatic heterocycles. The van der Waals surface area contributed by atoms with Crippen LogP contribution in [0.25, 0.3) is 11.1 Å². The van der Waals surface area contributed by atoms with Crippen molar-refractivity contribution in [2.75, 3.05) is 10.0 Å². The van der Waals surface area contributed by atoms with E-state index in [4.69, 9.17) is 4.52 Å². The predicted molar refractivity (Wildman–Crippen MR) is 112 cm³/mol. The van der Waals surface area contributed by atoms with Gasteiger partial charge < -0.3 is 4.52 Å². The minimum atomic E-state index is -3.83. The lowest BCUT2D eigenvalue weighted by atomic mass is 10.0. The van der Waals surface area contributed by atoms with Crippen LogP contribution in [0.2, 0.25) is 0 Å². The van der Waals surface area contributed by atoms with E-state index in [0.717, 1.165) is 5.56 Å². The van der Waals surface area contributed by atoms with Gasteiger partial charge in [-0.2, -0.15) is 0 Å². The molecular weight excluding hydrogens is 390 g/mol. The monoisotopic (exact) mass is 413 g/mol. The normalized spacial score (nSPS) is 11.3. The van der Waals surface area contributed by atoms with Crippen LogP contribution in [0.3, 0.4) is 0 Å². The fourth-order valence-electron chi connectivity index (χ4n) is 3.13. The Morgan fingerprint density at radius 3 is 2.55 bits per heavy atom. The van der Waals surface area contributed by atoms with Crippen LogP contribution in [0.15, 0.2) is 51.9 Å². The zero-order valence-electron chi connectivity index (χ0n) is 16.7. The van der Waals surface area contributed by atoms with Crippen molar-refractivity contribution >= 4 is 27.5 Å². The number of sulfonamides is 1. The molecule has 0 aliphatic heterocycles. The van der Waals surface area contributed by atoms with Gasteiger partial charge in [0.1, 0.15) is 0 Å². The molecule has 0 fully saturated rings. The molecule has 152 valence electrons. The zero-order valence-corrected chi connectivity index (χ0v) is 17.6. The molecule has 0 atom stereocenters. The van der Waals surface area contributed by atoms with E-state index in [1.807, 2.05) is 19.1 Å². The highest BCUT2D eigenvalue weighted by atomic mass is 32.2. The largest absolute Gasteiger partial charge is 0.337 e. The number of nitrogens with one attached hydrogen (secondary N) is 2. The lowest BCUT2D eigenvalue weighted by Gasteiger charge is -2.14. The molecule has 3 rings (SSSR count). The Kier molecular flexibility index (Phi) is 5.74. The zero-order chi connectivity index (χ0) is 21.2. The summed E-state index contributed by atoms with van der Waals surface area (Å²) in [5.74, 6) is -0.119. The molecule has 8 heteroatoms. The number of para-hydroxylation sites is 1. The average Bonchev–Trinajstić information content (AvgIpc) is 3.01. The molecule has 0 spiro atoms. The van der Waals surface area contributed by atoms with Gasteiger partial charge in [-0.1, -0.05) is 42.4 Å². The van der Waals surface area contributed by atoms with Gasteiger partial charge in [-0.05, 0) is 49.1 Å². The number of nitrogens with zero attached hydrogens (tertiary/aromatic N) is 1. The van der Waals surface area contributed by atoms with E-state index < -0.39 is 10.0 Å². The number of aromatic nitrogens is 1. The summed E-state index contributed by atoms with van der Waals surface area (Å²) in [4.78, 5) is 11.6. The number of amides is 1. The fraction of sp³-hybridized carbons (Fsp3) is 0.238. The van der Waals surface area contributed by atoms with Crippen LogP contribution in [0.4, 0.5) is 11.6 Å². The Bertz CT molecular complexity index is 1170. The molecule has 0 saturated heterocycles. The molecule has 2 N–H and O–H groups in total. The van der Waals surface area contributed by atoms with Crippen LogP contribution in [0, 0.1) is 13.8 Å². The Balaban J connectivity index is 2.06. The summed E-state index contributed by atoms with van der Waals surface area (Å²) < 4.78 is 34.2. The number of benzene rings is 2. The van der Waals surface area contributed by atoms with E-state index in [2.05, 4.69) is 15.2 Å². The Morgan fingerprint density at radius 1 is 1.14 bits per heavy atom. The van der Waals surface area contributed by atoms with Crippen molar-refractivity contribution in [1.82, 2.24) is 5.16 Å². The lowest BCUT2D eigenvalue weighted by molar-refractivity contribution is -0.114. The van der Waals surface area contributed by atoms with E-state index in [0.29, 0.717) is 34.5 Å². The summed E-state index contributed by atoms with van der Waals surface area (Å²) in [6.07, 6.45) is 0.706. The van der Waals surface area contributed by atoms with Crippen molar-refractivity contribution in [3.05, 3.63) is 59.3 Å². The first-order valence-electron chi connectivity index (χ1n) is 9.18. The molecular formula is C21H23N3O4S. The number of carbonyl (C=O) groups is 1. The van der Waals surface area contributed by atoms with Gasteiger partial charge in [0.2, 0.25) is 11.8 Å². The second-order valence-electron chi connectivity index (χ2n) is 6.75. The maximum absolute atomic E-state index is 13.1. The van der Waals surface area contributed by atoms with Gasteiger partial charge in [0, 0.05) is 6.92 Å².